The predicted molar refractivity (Wildman–Crippen MR) is 146 cm³/mol. The molecule has 5 nitrogen and oxygen atoms in total. The molecule has 1 aromatic heterocycles. The third-order valence-electron chi connectivity index (χ3n) is 7.79. The summed E-state index contributed by atoms with van der Waals surface area (Å²) < 4.78 is 29.4. The maximum Gasteiger partial charge on any atom is 0.170 e. The van der Waals surface area contributed by atoms with Crippen LogP contribution < -0.4 is 5.73 Å². The van der Waals surface area contributed by atoms with Crippen molar-refractivity contribution >= 4 is 46.5 Å². The first-order chi connectivity index (χ1) is 17.2. The Balaban J connectivity index is 0.00000320. The van der Waals surface area contributed by atoms with Gasteiger partial charge in [0.25, 0.3) is 0 Å². The van der Waals surface area contributed by atoms with Crippen molar-refractivity contribution in [2.75, 3.05) is 25.4 Å². The summed E-state index contributed by atoms with van der Waals surface area (Å²) in [6.45, 7) is 4.95. The molecular formula is C28H31Cl2F2N3O2. The number of nitrogens with zero attached hydrogens (tertiary/aromatic N) is 2. The van der Waals surface area contributed by atoms with Gasteiger partial charge in [0, 0.05) is 23.6 Å². The van der Waals surface area contributed by atoms with E-state index in [1.54, 1.807) is 6.07 Å². The number of fused-ring (bicyclic) bond motifs is 1. The number of halogens is 4. The van der Waals surface area contributed by atoms with Gasteiger partial charge in [-0.1, -0.05) is 11.6 Å². The highest BCUT2D eigenvalue weighted by molar-refractivity contribution is 6.32. The number of aromatic hydroxyl groups is 1. The van der Waals surface area contributed by atoms with E-state index in [1.807, 2.05) is 0 Å². The van der Waals surface area contributed by atoms with Crippen LogP contribution in [-0.2, 0) is 0 Å². The van der Waals surface area contributed by atoms with Gasteiger partial charge in [0.1, 0.15) is 11.6 Å². The lowest BCUT2D eigenvalue weighted by molar-refractivity contribution is 0.101. The molecule has 2 fully saturated rings. The number of ketones is 1. The molecule has 1 aliphatic heterocycles. The first-order valence-electron chi connectivity index (χ1n) is 12.6. The minimum absolute atomic E-state index is 0. The maximum absolute atomic E-state index is 15.2. The van der Waals surface area contributed by atoms with Gasteiger partial charge in [0.2, 0.25) is 0 Å². The number of phenolic OH excluding ortho intramolecular Hbond substituents is 1. The maximum atomic E-state index is 15.2. The minimum atomic E-state index is -0.937. The molecule has 3 aromatic rings. The largest absolute Gasteiger partial charge is 0.504 e. The molecule has 0 atom stereocenters. The molecule has 37 heavy (non-hydrogen) atoms. The number of nitrogens with two attached hydrogens (primary N) is 1. The standard InChI is InChI=1S/C28H30ClF2N3O2.ClH/c1-15(35)25-26(17-6-4-16(5-7-17)14-34-8-2-3-9-34)20-12-19(22(30)13-24(20)33-28(25)32)18-10-21(29)27(36)23(31)11-18;/h10-13,16-17,36H,2-9,14H2,1H3,(H2,32,33);1H/t16-,17-;. The Morgan fingerprint density at radius 3 is 2.41 bits per heavy atom. The van der Waals surface area contributed by atoms with Crippen LogP contribution in [0, 0.1) is 17.6 Å². The highest BCUT2D eigenvalue weighted by atomic mass is 35.5. The molecular weight excluding hydrogens is 519 g/mol. The second-order valence-corrected chi connectivity index (χ2v) is 10.6. The quantitative estimate of drug-likeness (QED) is 0.331. The van der Waals surface area contributed by atoms with Crippen LogP contribution in [0.2, 0.25) is 5.02 Å². The zero-order valence-electron chi connectivity index (χ0n) is 20.7. The van der Waals surface area contributed by atoms with Crippen LogP contribution in [0.1, 0.15) is 67.3 Å². The number of rotatable bonds is 5. The van der Waals surface area contributed by atoms with Gasteiger partial charge in [-0.15, -0.1) is 12.4 Å². The summed E-state index contributed by atoms with van der Waals surface area (Å²) >= 11 is 5.97. The van der Waals surface area contributed by atoms with Crippen molar-refractivity contribution in [3.63, 3.8) is 0 Å². The number of anilines is 1. The van der Waals surface area contributed by atoms with E-state index < -0.39 is 17.4 Å². The Morgan fingerprint density at radius 1 is 1.11 bits per heavy atom. The van der Waals surface area contributed by atoms with Crippen LogP contribution in [0.5, 0.6) is 5.75 Å². The average Bonchev–Trinajstić information content (AvgIpc) is 3.34. The summed E-state index contributed by atoms with van der Waals surface area (Å²) in [4.78, 5) is 19.6. The number of carbonyl (C=O) groups is 1. The van der Waals surface area contributed by atoms with Crippen molar-refractivity contribution in [3.05, 3.63) is 52.0 Å². The Morgan fingerprint density at radius 2 is 1.78 bits per heavy atom. The van der Waals surface area contributed by atoms with Crippen molar-refractivity contribution in [1.82, 2.24) is 9.88 Å². The van der Waals surface area contributed by atoms with E-state index >= 15 is 4.39 Å². The molecule has 2 aliphatic rings. The fourth-order valence-corrected chi connectivity index (χ4v) is 6.24. The third-order valence-corrected chi connectivity index (χ3v) is 8.08. The van der Waals surface area contributed by atoms with Crippen molar-refractivity contribution in [1.29, 1.82) is 0 Å². The normalized spacial score (nSPS) is 20.2. The van der Waals surface area contributed by atoms with Gasteiger partial charge < -0.3 is 15.7 Å². The first-order valence-corrected chi connectivity index (χ1v) is 12.9. The molecule has 0 unspecified atom stereocenters. The fraction of sp³-hybridized carbons (Fsp3) is 0.429. The number of carbonyl (C=O) groups excluding carboxylic acids is 1. The number of Topliss-reactive ketones (excluding diaryl/α,β-unsaturated/α-hetero) is 1. The van der Waals surface area contributed by atoms with E-state index in [9.17, 15) is 14.3 Å². The molecule has 5 rings (SSSR count). The molecule has 0 radical (unpaired) electrons. The molecule has 9 heteroatoms. The topological polar surface area (TPSA) is 79.5 Å². The highest BCUT2D eigenvalue weighted by Gasteiger charge is 2.30. The van der Waals surface area contributed by atoms with Crippen molar-refractivity contribution in [3.8, 4) is 16.9 Å². The van der Waals surface area contributed by atoms with Gasteiger partial charge in [-0.05, 0) is 99.7 Å². The average molecular weight is 550 g/mol. The number of hydrogen-bond acceptors (Lipinski definition) is 5. The molecule has 1 saturated carbocycles. The van der Waals surface area contributed by atoms with E-state index in [0.29, 0.717) is 22.4 Å². The van der Waals surface area contributed by atoms with E-state index in [4.69, 9.17) is 17.3 Å². The Hall–Kier alpha value is -2.48. The second kappa shape index (κ2) is 11.1. The summed E-state index contributed by atoms with van der Waals surface area (Å²) in [5, 5.41) is 10.1. The van der Waals surface area contributed by atoms with Crippen molar-refractivity contribution in [2.45, 2.75) is 51.4 Å². The number of likely N-dealkylation sites (tertiary alicyclic amines) is 1. The fourth-order valence-electron chi connectivity index (χ4n) is 6.03. The molecule has 198 valence electrons. The number of phenols is 1. The van der Waals surface area contributed by atoms with E-state index in [0.717, 1.165) is 43.9 Å². The lowest BCUT2D eigenvalue weighted by atomic mass is 9.75. The predicted octanol–water partition coefficient (Wildman–Crippen LogP) is 7.12. The third kappa shape index (κ3) is 5.40. The summed E-state index contributed by atoms with van der Waals surface area (Å²) in [5.41, 5.74) is 8.09. The Kier molecular flexibility index (Phi) is 8.26. The zero-order valence-corrected chi connectivity index (χ0v) is 22.3. The lowest BCUT2D eigenvalue weighted by Gasteiger charge is -2.32. The summed E-state index contributed by atoms with van der Waals surface area (Å²) in [6, 6.07) is 5.25. The van der Waals surface area contributed by atoms with Gasteiger partial charge in [0.15, 0.2) is 17.3 Å². The molecule has 2 aromatic carbocycles. The lowest BCUT2D eigenvalue weighted by Crippen LogP contribution is -2.29. The van der Waals surface area contributed by atoms with Crippen LogP contribution in [0.4, 0.5) is 14.6 Å². The summed E-state index contributed by atoms with van der Waals surface area (Å²) in [5.74, 6) is -1.59. The molecule has 1 saturated heterocycles. The van der Waals surface area contributed by atoms with Crippen LogP contribution in [0.25, 0.3) is 22.0 Å². The number of nitrogen functional groups attached to an aromatic ring is 1. The number of hydrogen-bond donors (Lipinski definition) is 2. The number of aromatic nitrogens is 1. The second-order valence-electron chi connectivity index (χ2n) is 10.2. The molecule has 1 aliphatic carbocycles. The molecule has 0 spiro atoms. The Bertz CT molecular complexity index is 1310. The van der Waals surface area contributed by atoms with Gasteiger partial charge in [-0.25, -0.2) is 13.8 Å². The monoisotopic (exact) mass is 549 g/mol. The van der Waals surface area contributed by atoms with E-state index in [-0.39, 0.29) is 46.1 Å². The Labute approximate surface area is 226 Å². The summed E-state index contributed by atoms with van der Waals surface area (Å²) in [6.07, 6.45) is 6.46. The highest BCUT2D eigenvalue weighted by Crippen LogP contribution is 2.43. The van der Waals surface area contributed by atoms with Gasteiger partial charge in [0.05, 0.1) is 16.1 Å². The molecule has 0 amide bonds. The van der Waals surface area contributed by atoms with Gasteiger partial charge in [-0.2, -0.15) is 0 Å². The molecule has 3 N–H and O–H groups in total. The van der Waals surface area contributed by atoms with Crippen LogP contribution in [-0.4, -0.2) is 40.4 Å². The van der Waals surface area contributed by atoms with Crippen LogP contribution >= 0.6 is 24.0 Å². The minimum Gasteiger partial charge on any atom is -0.504 e. The van der Waals surface area contributed by atoms with Gasteiger partial charge in [-0.3, -0.25) is 4.79 Å². The van der Waals surface area contributed by atoms with Crippen molar-refractivity contribution in [2.24, 2.45) is 5.92 Å². The first kappa shape index (κ1) is 27.6. The van der Waals surface area contributed by atoms with Gasteiger partial charge >= 0.3 is 0 Å². The van der Waals surface area contributed by atoms with E-state index in [1.165, 1.54) is 45.0 Å². The number of benzene rings is 2. The van der Waals surface area contributed by atoms with Crippen LogP contribution in [0.3, 0.4) is 0 Å². The van der Waals surface area contributed by atoms with E-state index in [2.05, 4.69) is 9.88 Å². The zero-order chi connectivity index (χ0) is 25.6. The molecule has 2 heterocycles. The number of pyridine rings is 1. The molecule has 0 bridgehead atoms. The van der Waals surface area contributed by atoms with Crippen molar-refractivity contribution < 1.29 is 18.7 Å². The summed E-state index contributed by atoms with van der Waals surface area (Å²) in [7, 11) is 0. The SMILES string of the molecule is CC(=O)c1c(N)nc2cc(F)c(-c3cc(F)c(O)c(Cl)c3)cc2c1[C@H]1CC[C@H](CN2CCCC2)CC1.Cl. The smallest absolute Gasteiger partial charge is 0.170 e. The van der Waals surface area contributed by atoms with Crippen LogP contribution in [0.15, 0.2) is 24.3 Å².